The molecule has 1 amide bonds. The molecule has 21 heavy (non-hydrogen) atoms. The smallest absolute Gasteiger partial charge is 0.269 e. The summed E-state index contributed by atoms with van der Waals surface area (Å²) in [5.74, 6) is -0.148. The molecule has 1 aromatic heterocycles. The lowest BCUT2D eigenvalue weighted by Gasteiger charge is -2.33. The van der Waals surface area contributed by atoms with Gasteiger partial charge in [-0.1, -0.05) is 0 Å². The fourth-order valence-electron chi connectivity index (χ4n) is 2.30. The van der Waals surface area contributed by atoms with Crippen LogP contribution in [0.1, 0.15) is 10.5 Å². The topological polar surface area (TPSA) is 87.5 Å². The van der Waals surface area contributed by atoms with Crippen molar-refractivity contribution in [3.8, 4) is 0 Å². The third kappa shape index (κ3) is 4.26. The van der Waals surface area contributed by atoms with Crippen LogP contribution in [0, 0.1) is 0 Å². The summed E-state index contributed by atoms with van der Waals surface area (Å²) in [6.45, 7) is 3.64. The number of carbonyl (C=O) groups is 1. The molecule has 0 saturated carbocycles. The first-order valence-electron chi connectivity index (χ1n) is 6.81. The van der Waals surface area contributed by atoms with Gasteiger partial charge in [0.2, 0.25) is 10.0 Å². The summed E-state index contributed by atoms with van der Waals surface area (Å²) in [6, 6.07) is 1.67. The van der Waals surface area contributed by atoms with Crippen LogP contribution in [0.4, 0.5) is 0 Å². The van der Waals surface area contributed by atoms with E-state index in [-0.39, 0.29) is 5.91 Å². The maximum atomic E-state index is 11.9. The van der Waals surface area contributed by atoms with Crippen molar-refractivity contribution in [1.82, 2.24) is 24.3 Å². The number of hydrogen-bond donors (Lipinski definition) is 1. The van der Waals surface area contributed by atoms with Crippen molar-refractivity contribution < 1.29 is 13.2 Å². The number of nitrogens with one attached hydrogen (secondary N) is 1. The van der Waals surface area contributed by atoms with Gasteiger partial charge in [-0.2, -0.15) is 9.40 Å². The van der Waals surface area contributed by atoms with Gasteiger partial charge in [0, 0.05) is 52.5 Å². The predicted molar refractivity (Wildman–Crippen MR) is 78.4 cm³/mol. The molecule has 0 unspecified atom stereocenters. The van der Waals surface area contributed by atoms with Gasteiger partial charge in [-0.15, -0.1) is 0 Å². The van der Waals surface area contributed by atoms with E-state index in [1.807, 2.05) is 0 Å². The lowest BCUT2D eigenvalue weighted by atomic mass is 10.3. The van der Waals surface area contributed by atoms with Crippen molar-refractivity contribution >= 4 is 15.9 Å². The molecule has 0 radical (unpaired) electrons. The molecule has 1 N–H and O–H groups in total. The SMILES string of the molecule is Cn1nccc1C(=O)NCCN1CCN(S(C)(=O)=O)CC1. The van der Waals surface area contributed by atoms with E-state index in [4.69, 9.17) is 0 Å². The highest BCUT2D eigenvalue weighted by molar-refractivity contribution is 7.88. The Balaban J connectivity index is 1.71. The average molecular weight is 315 g/mol. The summed E-state index contributed by atoms with van der Waals surface area (Å²) < 4.78 is 25.8. The largest absolute Gasteiger partial charge is 0.349 e. The van der Waals surface area contributed by atoms with E-state index in [1.54, 1.807) is 19.3 Å². The van der Waals surface area contributed by atoms with Crippen molar-refractivity contribution in [3.05, 3.63) is 18.0 Å². The molecule has 1 saturated heterocycles. The number of nitrogens with zero attached hydrogens (tertiary/aromatic N) is 4. The Bertz CT molecular complexity index is 590. The highest BCUT2D eigenvalue weighted by atomic mass is 32.2. The average Bonchev–Trinajstić information content (AvgIpc) is 2.84. The molecular formula is C12H21N5O3S. The molecule has 0 aliphatic carbocycles. The zero-order valence-electron chi connectivity index (χ0n) is 12.3. The van der Waals surface area contributed by atoms with Crippen LogP contribution in [0.5, 0.6) is 0 Å². The number of hydrogen-bond acceptors (Lipinski definition) is 5. The lowest BCUT2D eigenvalue weighted by molar-refractivity contribution is 0.0935. The Morgan fingerprint density at radius 3 is 2.52 bits per heavy atom. The van der Waals surface area contributed by atoms with Crippen LogP contribution in [-0.4, -0.2) is 78.8 Å². The van der Waals surface area contributed by atoms with Crippen LogP contribution >= 0.6 is 0 Å². The molecular weight excluding hydrogens is 294 g/mol. The molecule has 2 rings (SSSR count). The molecule has 1 fully saturated rings. The Morgan fingerprint density at radius 2 is 2.00 bits per heavy atom. The Kier molecular flexibility index (Phi) is 4.96. The van der Waals surface area contributed by atoms with Crippen molar-refractivity contribution in [2.75, 3.05) is 45.5 Å². The molecule has 0 aromatic carbocycles. The molecule has 0 spiro atoms. The Morgan fingerprint density at radius 1 is 1.33 bits per heavy atom. The summed E-state index contributed by atoms with van der Waals surface area (Å²) in [5.41, 5.74) is 0.525. The maximum absolute atomic E-state index is 11.9. The van der Waals surface area contributed by atoms with Crippen molar-refractivity contribution in [1.29, 1.82) is 0 Å². The van der Waals surface area contributed by atoms with Crippen LogP contribution in [0.15, 0.2) is 12.3 Å². The summed E-state index contributed by atoms with van der Waals surface area (Å²) in [4.78, 5) is 14.0. The minimum absolute atomic E-state index is 0.148. The van der Waals surface area contributed by atoms with Gasteiger partial charge in [0.1, 0.15) is 5.69 Å². The highest BCUT2D eigenvalue weighted by Gasteiger charge is 2.23. The van der Waals surface area contributed by atoms with E-state index >= 15 is 0 Å². The second-order valence-corrected chi connectivity index (χ2v) is 7.08. The van der Waals surface area contributed by atoms with E-state index in [0.717, 1.165) is 0 Å². The van der Waals surface area contributed by atoms with Gasteiger partial charge >= 0.3 is 0 Å². The number of sulfonamides is 1. The third-order valence-corrected chi connectivity index (χ3v) is 4.87. The minimum atomic E-state index is -3.09. The molecule has 0 atom stereocenters. The van der Waals surface area contributed by atoms with Gasteiger partial charge in [-0.25, -0.2) is 8.42 Å². The summed E-state index contributed by atoms with van der Waals surface area (Å²) in [5, 5.41) is 6.79. The molecule has 1 aromatic rings. The van der Waals surface area contributed by atoms with Gasteiger partial charge in [0.25, 0.3) is 5.91 Å². The van der Waals surface area contributed by atoms with Crippen LogP contribution in [0.2, 0.25) is 0 Å². The normalized spacial score (nSPS) is 17.8. The van der Waals surface area contributed by atoms with E-state index in [1.165, 1.54) is 15.2 Å². The van der Waals surface area contributed by atoms with E-state index in [2.05, 4.69) is 15.3 Å². The van der Waals surface area contributed by atoms with Crippen molar-refractivity contribution in [2.45, 2.75) is 0 Å². The number of aryl methyl sites for hydroxylation is 1. The number of aromatic nitrogens is 2. The van der Waals surface area contributed by atoms with Gasteiger partial charge in [-0.05, 0) is 6.07 Å². The van der Waals surface area contributed by atoms with Gasteiger partial charge in [0.15, 0.2) is 0 Å². The van der Waals surface area contributed by atoms with E-state index in [9.17, 15) is 13.2 Å². The molecule has 1 aliphatic heterocycles. The number of rotatable bonds is 5. The van der Waals surface area contributed by atoms with Crippen LogP contribution in [0.25, 0.3) is 0 Å². The fourth-order valence-corrected chi connectivity index (χ4v) is 3.13. The number of carbonyl (C=O) groups excluding carboxylic acids is 1. The summed E-state index contributed by atoms with van der Waals surface area (Å²) in [7, 11) is -1.37. The number of piperazine rings is 1. The zero-order chi connectivity index (χ0) is 15.5. The van der Waals surface area contributed by atoms with Crippen LogP contribution in [-0.2, 0) is 17.1 Å². The molecule has 9 heteroatoms. The maximum Gasteiger partial charge on any atom is 0.269 e. The first kappa shape index (κ1) is 15.9. The quantitative estimate of drug-likeness (QED) is 0.732. The Hall–Kier alpha value is -1.45. The van der Waals surface area contributed by atoms with Gasteiger partial charge in [0.05, 0.1) is 6.26 Å². The van der Waals surface area contributed by atoms with Gasteiger partial charge < -0.3 is 5.32 Å². The Labute approximate surface area is 124 Å². The lowest BCUT2D eigenvalue weighted by Crippen LogP contribution is -2.49. The van der Waals surface area contributed by atoms with Crippen molar-refractivity contribution in [2.24, 2.45) is 7.05 Å². The van der Waals surface area contributed by atoms with E-state index < -0.39 is 10.0 Å². The number of amides is 1. The van der Waals surface area contributed by atoms with Crippen LogP contribution < -0.4 is 5.32 Å². The molecule has 2 heterocycles. The molecule has 0 bridgehead atoms. The second-order valence-electron chi connectivity index (χ2n) is 5.10. The first-order chi connectivity index (χ1) is 9.88. The van der Waals surface area contributed by atoms with E-state index in [0.29, 0.717) is 45.0 Å². The molecule has 118 valence electrons. The monoisotopic (exact) mass is 315 g/mol. The summed E-state index contributed by atoms with van der Waals surface area (Å²) >= 11 is 0. The molecule has 8 nitrogen and oxygen atoms in total. The molecule has 1 aliphatic rings. The van der Waals surface area contributed by atoms with Crippen molar-refractivity contribution in [3.63, 3.8) is 0 Å². The second kappa shape index (κ2) is 6.54. The first-order valence-corrected chi connectivity index (χ1v) is 8.66. The van der Waals surface area contributed by atoms with Gasteiger partial charge in [-0.3, -0.25) is 14.4 Å². The summed E-state index contributed by atoms with van der Waals surface area (Å²) in [6.07, 6.45) is 2.82. The predicted octanol–water partition coefficient (Wildman–Crippen LogP) is -1.27. The minimum Gasteiger partial charge on any atom is -0.349 e. The standard InChI is InChI=1S/C12H21N5O3S/c1-15-11(3-4-14-15)12(18)13-5-6-16-7-9-17(10-8-16)21(2,19)20/h3-4H,5-10H2,1-2H3,(H,13,18). The fraction of sp³-hybridized carbons (Fsp3) is 0.667. The highest BCUT2D eigenvalue weighted by Crippen LogP contribution is 2.05. The third-order valence-electron chi connectivity index (χ3n) is 3.57. The van der Waals surface area contributed by atoms with Crippen LogP contribution in [0.3, 0.4) is 0 Å². The zero-order valence-corrected chi connectivity index (χ0v) is 13.1.